The van der Waals surface area contributed by atoms with Gasteiger partial charge in [-0.3, -0.25) is 10.1 Å². The molecule has 1 aliphatic carbocycles. The highest BCUT2D eigenvalue weighted by Gasteiger charge is 2.57. The number of ether oxygens (including phenoxy) is 1. The minimum absolute atomic E-state index is 0.182. The average Bonchev–Trinajstić information content (AvgIpc) is 3.07. The van der Waals surface area contributed by atoms with Gasteiger partial charge in [0.05, 0.1) is 35.9 Å². The lowest BCUT2D eigenvalue weighted by Gasteiger charge is -2.14. The molecule has 7 nitrogen and oxygen atoms in total. The fraction of sp³-hybridized carbons (Fsp3) is 0.273. The van der Waals surface area contributed by atoms with Gasteiger partial charge in [-0.15, -0.1) is 5.10 Å². The predicted octanol–water partition coefficient (Wildman–Crippen LogP) is 4.42. The van der Waals surface area contributed by atoms with Gasteiger partial charge in [-0.05, 0) is 31.2 Å². The summed E-state index contributed by atoms with van der Waals surface area (Å²) in [5.74, 6) is -3.90. The molecule has 1 fully saturated rings. The van der Waals surface area contributed by atoms with Gasteiger partial charge in [0.2, 0.25) is 0 Å². The molecule has 164 valence electrons. The Morgan fingerprint density at radius 1 is 1.19 bits per heavy atom. The number of pyridine rings is 1. The summed E-state index contributed by atoms with van der Waals surface area (Å²) in [4.78, 5) is 8.94. The highest BCUT2D eigenvalue weighted by Crippen LogP contribution is 2.49. The van der Waals surface area contributed by atoms with Crippen LogP contribution in [0, 0.1) is 18.7 Å². The van der Waals surface area contributed by atoms with Crippen LogP contribution in [-0.2, 0) is 7.05 Å². The minimum atomic E-state index is -2.71. The predicted molar refractivity (Wildman–Crippen MR) is 110 cm³/mol. The van der Waals surface area contributed by atoms with Crippen molar-refractivity contribution in [3.63, 3.8) is 0 Å². The van der Waals surface area contributed by atoms with Crippen LogP contribution in [0.3, 0.4) is 0 Å². The van der Waals surface area contributed by atoms with E-state index in [1.54, 1.807) is 30.2 Å². The van der Waals surface area contributed by atoms with Crippen molar-refractivity contribution >= 4 is 0 Å². The van der Waals surface area contributed by atoms with Crippen LogP contribution in [0.4, 0.5) is 13.2 Å². The first kappa shape index (κ1) is 20.2. The second-order valence-electron chi connectivity index (χ2n) is 7.88. The van der Waals surface area contributed by atoms with Gasteiger partial charge >= 0.3 is 0 Å². The third-order valence-corrected chi connectivity index (χ3v) is 5.53. The number of hydrogen-bond donors (Lipinski definition) is 1. The maximum absolute atomic E-state index is 14.0. The largest absolute Gasteiger partial charge is 0.492 e. The normalized spacial score (nSPS) is 16.8. The molecule has 3 heterocycles. The molecule has 0 amide bonds. The molecule has 1 saturated carbocycles. The number of imidazole rings is 1. The van der Waals surface area contributed by atoms with E-state index < -0.39 is 17.7 Å². The lowest BCUT2D eigenvalue weighted by molar-refractivity contribution is 0.0856. The van der Waals surface area contributed by atoms with Crippen LogP contribution in [0.1, 0.15) is 12.1 Å². The van der Waals surface area contributed by atoms with E-state index in [2.05, 4.69) is 25.4 Å². The maximum atomic E-state index is 14.0. The second-order valence-corrected chi connectivity index (χ2v) is 7.88. The molecular formula is C22H19F3N6O. The number of aromatic nitrogens is 6. The molecule has 5 rings (SSSR count). The van der Waals surface area contributed by atoms with E-state index in [4.69, 9.17) is 4.74 Å². The van der Waals surface area contributed by atoms with Gasteiger partial charge in [0, 0.05) is 36.9 Å². The van der Waals surface area contributed by atoms with Crippen LogP contribution in [-0.4, -0.2) is 42.5 Å². The summed E-state index contributed by atoms with van der Waals surface area (Å²) < 4.78 is 48.0. The highest BCUT2D eigenvalue weighted by atomic mass is 19.3. The first-order valence-electron chi connectivity index (χ1n) is 10.00. The third-order valence-electron chi connectivity index (χ3n) is 5.53. The Morgan fingerprint density at radius 3 is 2.72 bits per heavy atom. The van der Waals surface area contributed by atoms with E-state index >= 15 is 0 Å². The van der Waals surface area contributed by atoms with Crippen LogP contribution < -0.4 is 4.74 Å². The first-order valence-corrected chi connectivity index (χ1v) is 10.00. The first-order chi connectivity index (χ1) is 15.3. The monoisotopic (exact) mass is 440 g/mol. The molecule has 1 atom stereocenters. The second kappa shape index (κ2) is 7.47. The standard InChI is InChI=1S/C22H19F3N6O/c1-12-19(29-30-28-12)13-5-6-26-17(7-13)20-21(31(2)11-27-20)16-4-3-15(23)8-18(16)32-10-14-9-22(14,24)25/h3-8,11,14H,9-10H2,1-2H3,(H,28,29,30). The molecule has 1 aliphatic rings. The van der Waals surface area contributed by atoms with Gasteiger partial charge in [0.15, 0.2) is 0 Å². The van der Waals surface area contributed by atoms with Crippen LogP contribution >= 0.6 is 0 Å². The van der Waals surface area contributed by atoms with Gasteiger partial charge in [0.1, 0.15) is 23.0 Å². The molecule has 0 spiro atoms. The topological polar surface area (TPSA) is 81.5 Å². The van der Waals surface area contributed by atoms with Crippen LogP contribution in [0.25, 0.3) is 33.9 Å². The molecule has 0 bridgehead atoms. The Morgan fingerprint density at radius 2 is 2.00 bits per heavy atom. The molecule has 0 aliphatic heterocycles. The maximum Gasteiger partial charge on any atom is 0.255 e. The Hall–Kier alpha value is -3.69. The van der Waals surface area contributed by atoms with Crippen molar-refractivity contribution in [3.8, 4) is 39.7 Å². The number of aromatic amines is 1. The summed E-state index contributed by atoms with van der Waals surface area (Å²) in [5, 5.41) is 10.7. The zero-order valence-electron chi connectivity index (χ0n) is 17.3. The molecular weight excluding hydrogens is 421 g/mol. The third kappa shape index (κ3) is 3.61. The molecule has 0 radical (unpaired) electrons. The van der Waals surface area contributed by atoms with Gasteiger partial charge in [-0.2, -0.15) is 0 Å². The van der Waals surface area contributed by atoms with Crippen molar-refractivity contribution in [1.82, 2.24) is 29.9 Å². The lowest BCUT2D eigenvalue weighted by atomic mass is 10.0. The Kier molecular flexibility index (Phi) is 4.72. The number of aryl methyl sites for hydroxylation is 2. The fourth-order valence-electron chi connectivity index (χ4n) is 3.65. The van der Waals surface area contributed by atoms with Crippen LogP contribution in [0.5, 0.6) is 5.75 Å². The molecule has 1 N–H and O–H groups in total. The van der Waals surface area contributed by atoms with Crippen molar-refractivity contribution in [1.29, 1.82) is 0 Å². The van der Waals surface area contributed by atoms with E-state index in [-0.39, 0.29) is 18.8 Å². The average molecular weight is 440 g/mol. The lowest BCUT2D eigenvalue weighted by Crippen LogP contribution is -2.07. The molecule has 3 aromatic heterocycles. The van der Waals surface area contributed by atoms with Crippen molar-refractivity contribution < 1.29 is 17.9 Å². The number of H-pyrrole nitrogens is 1. The van der Waals surface area contributed by atoms with Crippen molar-refractivity contribution in [2.75, 3.05) is 6.61 Å². The Labute approximate surface area is 181 Å². The number of alkyl halides is 2. The fourth-order valence-corrected chi connectivity index (χ4v) is 3.65. The Balaban J connectivity index is 1.55. The molecule has 1 aromatic carbocycles. The number of halogens is 3. The van der Waals surface area contributed by atoms with Gasteiger partial charge in [-0.25, -0.2) is 18.2 Å². The zero-order valence-corrected chi connectivity index (χ0v) is 17.3. The summed E-state index contributed by atoms with van der Waals surface area (Å²) in [6.45, 7) is 1.68. The molecule has 10 heteroatoms. The summed E-state index contributed by atoms with van der Waals surface area (Å²) in [6, 6.07) is 7.72. The van der Waals surface area contributed by atoms with E-state index in [1.165, 1.54) is 12.1 Å². The number of nitrogens with one attached hydrogen (secondary N) is 1. The summed E-state index contributed by atoms with van der Waals surface area (Å²) in [5.41, 5.74) is 4.61. The molecule has 1 unspecified atom stereocenters. The van der Waals surface area contributed by atoms with E-state index in [9.17, 15) is 13.2 Å². The number of rotatable bonds is 6. The van der Waals surface area contributed by atoms with Gasteiger partial charge < -0.3 is 9.30 Å². The van der Waals surface area contributed by atoms with Crippen molar-refractivity contribution in [3.05, 3.63) is 54.4 Å². The molecule has 0 saturated heterocycles. The van der Waals surface area contributed by atoms with E-state index in [0.29, 0.717) is 28.3 Å². The minimum Gasteiger partial charge on any atom is -0.492 e. The summed E-state index contributed by atoms with van der Waals surface area (Å²) in [6.07, 6.45) is 3.05. The summed E-state index contributed by atoms with van der Waals surface area (Å²) in [7, 11) is 1.79. The summed E-state index contributed by atoms with van der Waals surface area (Å²) >= 11 is 0. The number of benzene rings is 1. The van der Waals surface area contributed by atoms with E-state index in [1.807, 2.05) is 19.1 Å². The highest BCUT2D eigenvalue weighted by molar-refractivity contribution is 5.81. The van der Waals surface area contributed by atoms with Crippen molar-refractivity contribution in [2.45, 2.75) is 19.3 Å². The SMILES string of the molecule is Cc1[nH]nnc1-c1ccnc(-c2ncn(C)c2-c2ccc(F)cc2OCC2CC2(F)F)c1. The Bertz CT molecular complexity index is 1300. The number of hydrogen-bond acceptors (Lipinski definition) is 5. The number of nitrogens with zero attached hydrogens (tertiary/aromatic N) is 5. The van der Waals surface area contributed by atoms with E-state index in [0.717, 1.165) is 11.3 Å². The molecule has 4 aromatic rings. The van der Waals surface area contributed by atoms with Gasteiger partial charge in [0.25, 0.3) is 5.92 Å². The van der Waals surface area contributed by atoms with Gasteiger partial charge in [-0.1, -0.05) is 5.21 Å². The van der Waals surface area contributed by atoms with Crippen LogP contribution in [0.2, 0.25) is 0 Å². The zero-order chi connectivity index (χ0) is 22.5. The smallest absolute Gasteiger partial charge is 0.255 e. The molecule has 32 heavy (non-hydrogen) atoms. The van der Waals surface area contributed by atoms with Crippen molar-refractivity contribution in [2.24, 2.45) is 13.0 Å². The van der Waals surface area contributed by atoms with Crippen LogP contribution in [0.15, 0.2) is 42.9 Å². The quantitative estimate of drug-likeness (QED) is 0.480.